The van der Waals surface area contributed by atoms with Gasteiger partial charge in [0.15, 0.2) is 0 Å². The van der Waals surface area contributed by atoms with Gasteiger partial charge in [-0.3, -0.25) is 0 Å². The van der Waals surface area contributed by atoms with E-state index in [1.807, 2.05) is 0 Å². The second-order valence-corrected chi connectivity index (χ2v) is 2.90. The third-order valence-corrected chi connectivity index (χ3v) is 1.96. The maximum Gasteiger partial charge on any atom is 0.132 e. The molecule has 1 N–H and O–H groups in total. The van der Waals surface area contributed by atoms with Crippen LogP contribution in [0.25, 0.3) is 0 Å². The first-order valence-corrected chi connectivity index (χ1v) is 4.32. The van der Waals surface area contributed by atoms with Gasteiger partial charge in [-0.1, -0.05) is 12.1 Å². The van der Waals surface area contributed by atoms with Crippen molar-refractivity contribution in [1.82, 2.24) is 0 Å². The fourth-order valence-corrected chi connectivity index (χ4v) is 1.29. The molecule has 0 aliphatic heterocycles. The van der Waals surface area contributed by atoms with E-state index in [0.29, 0.717) is 12.2 Å². The Morgan fingerprint density at radius 2 is 2.36 bits per heavy atom. The van der Waals surface area contributed by atoms with Crippen LogP contribution in [-0.2, 0) is 0 Å². The highest BCUT2D eigenvalue weighted by Crippen LogP contribution is 2.29. The summed E-state index contributed by atoms with van der Waals surface area (Å²) in [5, 5.41) is 9.62. The van der Waals surface area contributed by atoms with Crippen LogP contribution in [0.1, 0.15) is 18.1 Å². The molecule has 1 rings (SSSR count). The molecule has 14 heavy (non-hydrogen) atoms. The second-order valence-electron chi connectivity index (χ2n) is 2.90. The molecule has 0 saturated carbocycles. The van der Waals surface area contributed by atoms with Gasteiger partial charge in [-0.15, -0.1) is 6.58 Å². The maximum absolute atomic E-state index is 13.3. The van der Waals surface area contributed by atoms with E-state index < -0.39 is 11.9 Å². The lowest BCUT2D eigenvalue weighted by Gasteiger charge is -2.13. The average Bonchev–Trinajstić information content (AvgIpc) is 2.17. The van der Waals surface area contributed by atoms with Gasteiger partial charge in [0.05, 0.1) is 18.8 Å². The lowest BCUT2D eigenvalue weighted by atomic mass is 10.0. The molecule has 0 radical (unpaired) electrons. The van der Waals surface area contributed by atoms with Crippen molar-refractivity contribution in [3.63, 3.8) is 0 Å². The summed E-state index contributed by atoms with van der Waals surface area (Å²) < 4.78 is 18.3. The Morgan fingerprint density at radius 1 is 1.64 bits per heavy atom. The van der Waals surface area contributed by atoms with Gasteiger partial charge in [-0.2, -0.15) is 0 Å². The first kappa shape index (κ1) is 10.7. The number of halogens is 1. The molecule has 1 aromatic rings. The van der Waals surface area contributed by atoms with E-state index in [2.05, 4.69) is 6.58 Å². The minimum Gasteiger partial charge on any atom is -0.496 e. The quantitative estimate of drug-likeness (QED) is 0.749. The fourth-order valence-electron chi connectivity index (χ4n) is 1.29. The largest absolute Gasteiger partial charge is 0.496 e. The lowest BCUT2D eigenvalue weighted by molar-refractivity contribution is 0.172. The highest BCUT2D eigenvalue weighted by Gasteiger charge is 2.16. The van der Waals surface area contributed by atoms with Gasteiger partial charge in [-0.05, 0) is 18.6 Å². The molecule has 0 aliphatic carbocycles. The number of aliphatic hydroxyl groups is 1. The lowest BCUT2D eigenvalue weighted by Crippen LogP contribution is -2.02. The predicted octanol–water partition coefficient (Wildman–Crippen LogP) is 2.44. The third-order valence-electron chi connectivity index (χ3n) is 1.96. The number of methoxy groups -OCH3 is 1. The Labute approximate surface area is 82.6 Å². The molecule has 1 atom stereocenters. The Bertz CT molecular complexity index is 323. The Morgan fingerprint density at radius 3 is 2.93 bits per heavy atom. The van der Waals surface area contributed by atoms with Crippen LogP contribution >= 0.6 is 0 Å². The molecular weight excluding hydrogens is 183 g/mol. The van der Waals surface area contributed by atoms with E-state index in [9.17, 15) is 9.50 Å². The molecule has 0 spiro atoms. The van der Waals surface area contributed by atoms with Crippen LogP contribution in [0.3, 0.4) is 0 Å². The minimum absolute atomic E-state index is 0.190. The standard InChI is InChI=1S/C11H13FO2/c1-3-5-9(13)11-8(12)6-4-7-10(11)14-2/h3-4,6-7,9,13H,1,5H2,2H3. The summed E-state index contributed by atoms with van der Waals surface area (Å²) in [5.41, 5.74) is 0.190. The normalized spacial score (nSPS) is 12.2. The average molecular weight is 196 g/mol. The fraction of sp³-hybridized carbons (Fsp3) is 0.273. The molecule has 0 bridgehead atoms. The molecule has 0 aromatic heterocycles. The number of hydrogen-bond donors (Lipinski definition) is 1. The van der Waals surface area contributed by atoms with Gasteiger partial charge in [-0.25, -0.2) is 4.39 Å². The molecular formula is C11H13FO2. The zero-order valence-electron chi connectivity index (χ0n) is 8.03. The Kier molecular flexibility index (Phi) is 3.65. The highest BCUT2D eigenvalue weighted by atomic mass is 19.1. The summed E-state index contributed by atoms with van der Waals surface area (Å²) >= 11 is 0. The molecule has 2 nitrogen and oxygen atoms in total. The number of hydrogen-bond acceptors (Lipinski definition) is 2. The van der Waals surface area contributed by atoms with Gasteiger partial charge >= 0.3 is 0 Å². The van der Waals surface area contributed by atoms with Crippen LogP contribution in [0, 0.1) is 5.82 Å². The zero-order valence-corrected chi connectivity index (χ0v) is 8.03. The number of rotatable bonds is 4. The number of benzene rings is 1. The van der Waals surface area contributed by atoms with Crippen LogP contribution in [0.4, 0.5) is 4.39 Å². The first-order chi connectivity index (χ1) is 6.70. The molecule has 0 amide bonds. The highest BCUT2D eigenvalue weighted by molar-refractivity contribution is 5.36. The smallest absolute Gasteiger partial charge is 0.132 e. The van der Waals surface area contributed by atoms with Gasteiger partial charge < -0.3 is 9.84 Å². The molecule has 0 fully saturated rings. The van der Waals surface area contributed by atoms with Crippen molar-refractivity contribution in [2.75, 3.05) is 7.11 Å². The van der Waals surface area contributed by atoms with E-state index >= 15 is 0 Å². The molecule has 0 heterocycles. The molecule has 76 valence electrons. The Hall–Kier alpha value is -1.35. The van der Waals surface area contributed by atoms with E-state index in [4.69, 9.17) is 4.74 Å². The van der Waals surface area contributed by atoms with Crippen molar-refractivity contribution in [1.29, 1.82) is 0 Å². The van der Waals surface area contributed by atoms with Gasteiger partial charge in [0.25, 0.3) is 0 Å². The van der Waals surface area contributed by atoms with Crippen molar-refractivity contribution < 1.29 is 14.2 Å². The summed E-state index contributed by atoms with van der Waals surface area (Å²) in [6.07, 6.45) is 0.942. The molecule has 0 aliphatic rings. The van der Waals surface area contributed by atoms with Gasteiger partial charge in [0.1, 0.15) is 11.6 Å². The van der Waals surface area contributed by atoms with Crippen molar-refractivity contribution in [2.24, 2.45) is 0 Å². The summed E-state index contributed by atoms with van der Waals surface area (Å²) in [6, 6.07) is 4.45. The van der Waals surface area contributed by atoms with E-state index in [0.717, 1.165) is 0 Å². The first-order valence-electron chi connectivity index (χ1n) is 4.32. The van der Waals surface area contributed by atoms with Crippen molar-refractivity contribution >= 4 is 0 Å². The van der Waals surface area contributed by atoms with Crippen molar-refractivity contribution in [3.8, 4) is 5.75 Å². The van der Waals surface area contributed by atoms with Gasteiger partial charge in [0.2, 0.25) is 0 Å². The predicted molar refractivity (Wildman–Crippen MR) is 52.7 cm³/mol. The number of aliphatic hydroxyl groups excluding tert-OH is 1. The minimum atomic E-state index is -0.899. The Balaban J connectivity index is 3.09. The van der Waals surface area contributed by atoms with Gasteiger partial charge in [0, 0.05) is 0 Å². The summed E-state index contributed by atoms with van der Waals surface area (Å²) in [7, 11) is 1.44. The summed E-state index contributed by atoms with van der Waals surface area (Å²) in [6.45, 7) is 3.49. The van der Waals surface area contributed by atoms with Crippen LogP contribution in [0.5, 0.6) is 5.75 Å². The zero-order chi connectivity index (χ0) is 10.6. The van der Waals surface area contributed by atoms with Crippen molar-refractivity contribution in [2.45, 2.75) is 12.5 Å². The van der Waals surface area contributed by atoms with E-state index in [1.54, 1.807) is 6.07 Å². The molecule has 3 heteroatoms. The summed E-state index contributed by atoms with van der Waals surface area (Å²) in [5.74, 6) is -0.0990. The molecule has 0 saturated heterocycles. The van der Waals surface area contributed by atoms with E-state index in [-0.39, 0.29) is 5.56 Å². The summed E-state index contributed by atoms with van der Waals surface area (Å²) in [4.78, 5) is 0. The van der Waals surface area contributed by atoms with Crippen LogP contribution in [0.15, 0.2) is 30.9 Å². The molecule has 1 aromatic carbocycles. The maximum atomic E-state index is 13.3. The number of ether oxygens (including phenoxy) is 1. The van der Waals surface area contributed by atoms with Crippen molar-refractivity contribution in [3.05, 3.63) is 42.2 Å². The van der Waals surface area contributed by atoms with Crippen LogP contribution < -0.4 is 4.74 Å². The van der Waals surface area contributed by atoms with Crippen LogP contribution in [-0.4, -0.2) is 12.2 Å². The third kappa shape index (κ3) is 2.12. The topological polar surface area (TPSA) is 29.5 Å². The van der Waals surface area contributed by atoms with Crippen LogP contribution in [0.2, 0.25) is 0 Å². The SMILES string of the molecule is C=CCC(O)c1c(F)cccc1OC. The monoisotopic (exact) mass is 196 g/mol. The second kappa shape index (κ2) is 4.77. The van der Waals surface area contributed by atoms with E-state index in [1.165, 1.54) is 25.3 Å². The molecule has 1 unspecified atom stereocenters.